The molecule has 0 saturated heterocycles. The largest absolute Gasteiger partial charge is 0.478 e. The molecule has 2 N–H and O–H groups in total. The summed E-state index contributed by atoms with van der Waals surface area (Å²) in [5.74, 6) is -1.79. The molecule has 5 nitrogen and oxygen atoms in total. The van der Waals surface area contributed by atoms with Crippen molar-refractivity contribution in [2.75, 3.05) is 5.32 Å². The fourth-order valence-electron chi connectivity index (χ4n) is 1.12. The second-order valence-corrected chi connectivity index (χ2v) is 3.29. The molecule has 19 heavy (non-hydrogen) atoms. The maximum Gasteiger partial charge on any atom is 0.328 e. The first-order valence-corrected chi connectivity index (χ1v) is 5.82. The minimum absolute atomic E-state index is 0.0614. The van der Waals surface area contributed by atoms with E-state index >= 15 is 0 Å². The summed E-state index contributed by atoms with van der Waals surface area (Å²) in [7, 11) is 0. The van der Waals surface area contributed by atoms with Crippen LogP contribution >= 0.6 is 0 Å². The van der Waals surface area contributed by atoms with Crippen LogP contribution in [0.25, 0.3) is 0 Å². The van der Waals surface area contributed by atoms with Crippen molar-refractivity contribution in [3.05, 3.63) is 42.0 Å². The number of Topliss-reactive ketones (excluding diaryl/α,β-unsaturated/α-hetero) is 1. The van der Waals surface area contributed by atoms with Gasteiger partial charge in [0.25, 0.3) is 0 Å². The zero-order chi connectivity index (χ0) is 14.8. The van der Waals surface area contributed by atoms with E-state index in [0.29, 0.717) is 11.3 Å². The molecule has 0 aliphatic rings. The average Bonchev–Trinajstić information content (AvgIpc) is 2.39. The Hall–Kier alpha value is -2.43. The fourth-order valence-corrected chi connectivity index (χ4v) is 1.12. The van der Waals surface area contributed by atoms with E-state index in [4.69, 9.17) is 5.11 Å². The molecule has 0 spiro atoms. The zero-order valence-electron chi connectivity index (χ0n) is 11.1. The molecule has 0 bridgehead atoms. The number of carboxylic acids is 1. The summed E-state index contributed by atoms with van der Waals surface area (Å²) < 4.78 is 0. The topological polar surface area (TPSA) is 83.5 Å². The van der Waals surface area contributed by atoms with Crippen LogP contribution in [0.2, 0.25) is 0 Å². The first kappa shape index (κ1) is 16.6. The molecule has 0 fully saturated rings. The summed E-state index contributed by atoms with van der Waals surface area (Å²) in [6, 6.07) is 6.31. The lowest BCUT2D eigenvalue weighted by Crippen LogP contribution is -2.08. The molecule has 1 rings (SSSR count). The van der Waals surface area contributed by atoms with Gasteiger partial charge in [-0.1, -0.05) is 13.8 Å². The minimum Gasteiger partial charge on any atom is -0.478 e. The number of benzene rings is 1. The molecule has 1 amide bonds. The highest BCUT2D eigenvalue weighted by atomic mass is 16.4. The van der Waals surface area contributed by atoms with Crippen molar-refractivity contribution in [2.45, 2.75) is 20.8 Å². The molecule has 0 atom stereocenters. The summed E-state index contributed by atoms with van der Waals surface area (Å²) in [5, 5.41) is 10.8. The number of ketones is 1. The second kappa shape index (κ2) is 8.63. The van der Waals surface area contributed by atoms with Crippen LogP contribution in [0.15, 0.2) is 36.4 Å². The molecule has 0 aromatic heterocycles. The maximum absolute atomic E-state index is 11.2. The third-order valence-electron chi connectivity index (χ3n) is 1.94. The van der Waals surface area contributed by atoms with Crippen LogP contribution in [-0.2, 0) is 9.59 Å². The Morgan fingerprint density at radius 2 is 1.58 bits per heavy atom. The van der Waals surface area contributed by atoms with Crippen molar-refractivity contribution in [2.24, 2.45) is 0 Å². The maximum atomic E-state index is 11.2. The van der Waals surface area contributed by atoms with Gasteiger partial charge in [-0.05, 0) is 31.2 Å². The molecule has 1 aromatic carbocycles. The molecule has 0 unspecified atom stereocenters. The standard InChI is InChI=1S/C12H11NO4.C2H6/c1-8(14)9-2-4-10(5-3-9)13-11(15)6-7-12(16)17;1-2/h2-7H,1H3,(H,13,15)(H,16,17);1-2H3/b7-6-;. The van der Waals surface area contributed by atoms with Crippen molar-refractivity contribution in [1.29, 1.82) is 0 Å². The Morgan fingerprint density at radius 1 is 1.05 bits per heavy atom. The van der Waals surface area contributed by atoms with Gasteiger partial charge in [-0.25, -0.2) is 4.79 Å². The molecular formula is C14H17NO4. The van der Waals surface area contributed by atoms with E-state index < -0.39 is 11.9 Å². The van der Waals surface area contributed by atoms with Gasteiger partial charge < -0.3 is 10.4 Å². The van der Waals surface area contributed by atoms with Crippen LogP contribution < -0.4 is 5.32 Å². The smallest absolute Gasteiger partial charge is 0.328 e. The van der Waals surface area contributed by atoms with Gasteiger partial charge in [0.15, 0.2) is 5.78 Å². The van der Waals surface area contributed by atoms with Crippen LogP contribution in [0, 0.1) is 0 Å². The molecule has 102 valence electrons. The Morgan fingerprint density at radius 3 is 2.00 bits per heavy atom. The number of anilines is 1. The predicted molar refractivity (Wildman–Crippen MR) is 73.2 cm³/mol. The molecule has 0 aliphatic carbocycles. The normalized spacial score (nSPS) is 9.42. The number of carbonyl (C=O) groups is 3. The highest BCUT2D eigenvalue weighted by molar-refractivity contribution is 6.02. The van der Waals surface area contributed by atoms with Crippen molar-refractivity contribution in [1.82, 2.24) is 0 Å². The van der Waals surface area contributed by atoms with E-state index in [1.165, 1.54) is 6.92 Å². The van der Waals surface area contributed by atoms with Crippen molar-refractivity contribution < 1.29 is 19.5 Å². The number of aliphatic carboxylic acids is 1. The summed E-state index contributed by atoms with van der Waals surface area (Å²) in [6.45, 7) is 5.45. The highest BCUT2D eigenvalue weighted by Crippen LogP contribution is 2.09. The SMILES string of the molecule is CC.CC(=O)c1ccc(NC(=O)/C=C\C(=O)O)cc1. The molecule has 5 heteroatoms. The van der Waals surface area contributed by atoms with E-state index in [-0.39, 0.29) is 5.78 Å². The van der Waals surface area contributed by atoms with Crippen molar-refractivity contribution in [3.8, 4) is 0 Å². The van der Waals surface area contributed by atoms with Gasteiger partial charge in [-0.15, -0.1) is 0 Å². The lowest BCUT2D eigenvalue weighted by Gasteiger charge is -2.02. The Kier molecular flexibility index (Phi) is 7.53. The number of carboxylic acid groups (broad SMARTS) is 1. The Bertz CT molecular complexity index is 475. The molecule has 0 saturated carbocycles. The van der Waals surface area contributed by atoms with E-state index in [1.54, 1.807) is 24.3 Å². The van der Waals surface area contributed by atoms with Gasteiger partial charge in [0.1, 0.15) is 0 Å². The number of hydrogen-bond acceptors (Lipinski definition) is 3. The molecular weight excluding hydrogens is 246 g/mol. The van der Waals surface area contributed by atoms with E-state index in [1.807, 2.05) is 13.8 Å². The number of nitrogens with one attached hydrogen (secondary N) is 1. The monoisotopic (exact) mass is 263 g/mol. The predicted octanol–water partition coefficient (Wildman–Crippen LogP) is 2.49. The summed E-state index contributed by atoms with van der Waals surface area (Å²) in [4.78, 5) is 32.4. The Labute approximate surface area is 111 Å². The van der Waals surface area contributed by atoms with E-state index in [2.05, 4.69) is 5.32 Å². The van der Waals surface area contributed by atoms with Gasteiger partial charge in [-0.2, -0.15) is 0 Å². The molecule has 0 radical (unpaired) electrons. The summed E-state index contributed by atoms with van der Waals surface area (Å²) >= 11 is 0. The number of hydrogen-bond donors (Lipinski definition) is 2. The number of amides is 1. The van der Waals surface area contributed by atoms with E-state index in [9.17, 15) is 14.4 Å². The zero-order valence-corrected chi connectivity index (χ0v) is 11.1. The van der Waals surface area contributed by atoms with Gasteiger partial charge in [-0.3, -0.25) is 9.59 Å². The highest BCUT2D eigenvalue weighted by Gasteiger charge is 2.01. The van der Waals surface area contributed by atoms with Crippen molar-refractivity contribution in [3.63, 3.8) is 0 Å². The molecule has 0 aliphatic heterocycles. The number of carbonyl (C=O) groups excluding carboxylic acids is 2. The lowest BCUT2D eigenvalue weighted by atomic mass is 10.1. The van der Waals surface area contributed by atoms with Crippen LogP contribution in [0.3, 0.4) is 0 Å². The van der Waals surface area contributed by atoms with E-state index in [0.717, 1.165) is 12.2 Å². The second-order valence-electron chi connectivity index (χ2n) is 3.29. The molecule has 0 heterocycles. The van der Waals surface area contributed by atoms with Crippen molar-refractivity contribution >= 4 is 23.3 Å². The lowest BCUT2D eigenvalue weighted by molar-refractivity contribution is -0.131. The average molecular weight is 263 g/mol. The van der Waals surface area contributed by atoms with Crippen LogP contribution in [0.1, 0.15) is 31.1 Å². The third kappa shape index (κ3) is 6.78. The minimum atomic E-state index is -1.19. The fraction of sp³-hybridized carbons (Fsp3) is 0.214. The van der Waals surface area contributed by atoms with Crippen LogP contribution in [0.4, 0.5) is 5.69 Å². The van der Waals surface area contributed by atoms with Gasteiger partial charge >= 0.3 is 5.97 Å². The van der Waals surface area contributed by atoms with Gasteiger partial charge in [0.05, 0.1) is 0 Å². The first-order chi connectivity index (χ1) is 8.99. The summed E-state index contributed by atoms with van der Waals surface area (Å²) in [5.41, 5.74) is 1.04. The quantitative estimate of drug-likeness (QED) is 0.645. The number of rotatable bonds is 4. The van der Waals surface area contributed by atoms with Gasteiger partial charge in [0.2, 0.25) is 5.91 Å². The third-order valence-corrected chi connectivity index (χ3v) is 1.94. The Balaban J connectivity index is 0.00000154. The van der Waals surface area contributed by atoms with Gasteiger partial charge in [0, 0.05) is 23.4 Å². The van der Waals surface area contributed by atoms with Crippen LogP contribution in [0.5, 0.6) is 0 Å². The first-order valence-electron chi connectivity index (χ1n) is 5.82. The molecule has 1 aromatic rings. The van der Waals surface area contributed by atoms with Crippen LogP contribution in [-0.4, -0.2) is 22.8 Å². The summed E-state index contributed by atoms with van der Waals surface area (Å²) in [6.07, 6.45) is 1.67.